The van der Waals surface area contributed by atoms with Gasteiger partial charge in [0.15, 0.2) is 0 Å². The summed E-state index contributed by atoms with van der Waals surface area (Å²) in [6.07, 6.45) is 18.7. The second-order valence-electron chi connectivity index (χ2n) is 10.2. The fraction of sp³-hybridized carbons (Fsp3) is 0.958. The van der Waals surface area contributed by atoms with Crippen molar-refractivity contribution in [2.24, 2.45) is 17.3 Å². The van der Waals surface area contributed by atoms with Gasteiger partial charge in [0.25, 0.3) is 0 Å². The summed E-state index contributed by atoms with van der Waals surface area (Å²) < 4.78 is -0.277. The molecular formula is C24H46N2O2. The molecule has 0 aromatic rings. The van der Waals surface area contributed by atoms with Crippen LogP contribution in [0.4, 0.5) is 0 Å². The van der Waals surface area contributed by atoms with Crippen LogP contribution in [-0.2, 0) is 4.79 Å². The lowest BCUT2D eigenvalue weighted by Gasteiger charge is -2.49. The number of amides is 1. The molecule has 2 saturated carbocycles. The summed E-state index contributed by atoms with van der Waals surface area (Å²) in [7, 11) is 3.34. The molecule has 2 fully saturated rings. The van der Waals surface area contributed by atoms with Gasteiger partial charge in [-0.2, -0.15) is 0 Å². The van der Waals surface area contributed by atoms with Crippen LogP contribution in [0.3, 0.4) is 0 Å². The van der Waals surface area contributed by atoms with E-state index in [1.165, 1.54) is 83.5 Å². The zero-order chi connectivity index (χ0) is 20.5. The van der Waals surface area contributed by atoms with Crippen LogP contribution in [0.15, 0.2) is 0 Å². The van der Waals surface area contributed by atoms with Gasteiger partial charge in [0.1, 0.15) is 0 Å². The van der Waals surface area contributed by atoms with Crippen LogP contribution in [0, 0.1) is 22.5 Å². The molecule has 0 atom stereocenters. The fourth-order valence-corrected chi connectivity index (χ4v) is 6.03. The molecular weight excluding hydrogens is 348 g/mol. The summed E-state index contributed by atoms with van der Waals surface area (Å²) >= 11 is 0. The number of quaternary nitrogens is 1. The second-order valence-corrected chi connectivity index (χ2v) is 10.2. The van der Waals surface area contributed by atoms with E-state index < -0.39 is 0 Å². The Hall–Kier alpha value is -0.610. The quantitative estimate of drug-likeness (QED) is 0.274. The van der Waals surface area contributed by atoms with Crippen molar-refractivity contribution < 1.29 is 9.44 Å². The molecule has 0 radical (unpaired) electrons. The minimum atomic E-state index is -0.277. The largest absolute Gasteiger partial charge is 0.633 e. The Kier molecular flexibility index (Phi) is 9.76. The summed E-state index contributed by atoms with van der Waals surface area (Å²) in [5.41, 5.74) is 0.217. The highest BCUT2D eigenvalue weighted by atomic mass is 16.5. The molecule has 1 amide bonds. The van der Waals surface area contributed by atoms with Crippen LogP contribution in [0.5, 0.6) is 0 Å². The first-order valence-electron chi connectivity index (χ1n) is 12.2. The Morgan fingerprint density at radius 1 is 0.964 bits per heavy atom. The van der Waals surface area contributed by atoms with Crippen molar-refractivity contribution in [2.45, 2.75) is 103 Å². The van der Waals surface area contributed by atoms with Gasteiger partial charge in [0.2, 0.25) is 5.91 Å². The van der Waals surface area contributed by atoms with Crippen LogP contribution < -0.4 is 5.32 Å². The molecule has 4 nitrogen and oxygen atoms in total. The minimum absolute atomic E-state index is 0.217. The third-order valence-corrected chi connectivity index (χ3v) is 7.52. The van der Waals surface area contributed by atoms with E-state index in [1.54, 1.807) is 14.1 Å². The lowest BCUT2D eigenvalue weighted by molar-refractivity contribution is -0.840. The maximum absolute atomic E-state index is 13.0. The van der Waals surface area contributed by atoms with Gasteiger partial charge in [-0.3, -0.25) is 4.79 Å². The summed E-state index contributed by atoms with van der Waals surface area (Å²) in [5, 5.41) is 14.9. The number of nitrogens with zero attached hydrogens (tertiary/aromatic N) is 1. The third kappa shape index (κ3) is 7.33. The molecule has 4 heteroatoms. The second kappa shape index (κ2) is 11.5. The van der Waals surface area contributed by atoms with Crippen LogP contribution >= 0.6 is 0 Å². The number of hydroxylamine groups is 3. The topological polar surface area (TPSA) is 52.2 Å². The van der Waals surface area contributed by atoms with E-state index in [2.05, 4.69) is 12.2 Å². The zero-order valence-electron chi connectivity index (χ0n) is 18.9. The first-order chi connectivity index (χ1) is 13.4. The van der Waals surface area contributed by atoms with Crippen LogP contribution in [0.1, 0.15) is 103 Å². The molecule has 0 saturated heterocycles. The lowest BCUT2D eigenvalue weighted by atomic mass is 9.55. The van der Waals surface area contributed by atoms with E-state index in [-0.39, 0.29) is 16.0 Å². The van der Waals surface area contributed by atoms with Crippen LogP contribution in [0.2, 0.25) is 0 Å². The van der Waals surface area contributed by atoms with E-state index in [0.29, 0.717) is 13.1 Å². The van der Waals surface area contributed by atoms with Crippen LogP contribution in [0.25, 0.3) is 0 Å². The number of unbranched alkanes of at least 4 members (excludes halogenated alkanes) is 1. The molecule has 28 heavy (non-hydrogen) atoms. The molecule has 2 aliphatic rings. The highest BCUT2D eigenvalue weighted by Gasteiger charge is 2.46. The molecule has 0 aliphatic heterocycles. The molecule has 0 aromatic carbocycles. The Morgan fingerprint density at radius 3 is 1.96 bits per heavy atom. The highest BCUT2D eigenvalue weighted by molar-refractivity contribution is 5.76. The van der Waals surface area contributed by atoms with Gasteiger partial charge in [-0.1, -0.05) is 58.3 Å². The average molecular weight is 395 g/mol. The van der Waals surface area contributed by atoms with Crippen molar-refractivity contribution in [3.63, 3.8) is 0 Å². The third-order valence-electron chi connectivity index (χ3n) is 7.52. The van der Waals surface area contributed by atoms with Gasteiger partial charge in [0, 0.05) is 19.4 Å². The van der Waals surface area contributed by atoms with Crippen molar-refractivity contribution in [2.75, 3.05) is 27.2 Å². The van der Waals surface area contributed by atoms with Crippen LogP contribution in [-0.4, -0.2) is 37.7 Å². The minimum Gasteiger partial charge on any atom is -0.633 e. The van der Waals surface area contributed by atoms with E-state index in [0.717, 1.165) is 24.7 Å². The zero-order valence-corrected chi connectivity index (χ0v) is 18.9. The number of carbonyl (C=O) groups is 1. The Morgan fingerprint density at radius 2 is 1.50 bits per heavy atom. The van der Waals surface area contributed by atoms with Gasteiger partial charge < -0.3 is 15.2 Å². The van der Waals surface area contributed by atoms with Gasteiger partial charge in [0.05, 0.1) is 20.6 Å². The normalized spacial score (nSPS) is 20.3. The SMILES string of the molecule is CCCCC(CC(=O)NCCC[N+](C)(C)[O-])(C1CCCCC1)C1CCCCC1. The van der Waals surface area contributed by atoms with Crippen molar-refractivity contribution in [3.8, 4) is 0 Å². The maximum atomic E-state index is 13.0. The van der Waals surface area contributed by atoms with Crippen molar-refractivity contribution in [1.82, 2.24) is 5.32 Å². The molecule has 2 rings (SSSR count). The predicted octanol–water partition coefficient (Wildman–Crippen LogP) is 5.79. The van der Waals surface area contributed by atoms with E-state index in [4.69, 9.17) is 0 Å². The Labute approximate surface area is 174 Å². The van der Waals surface area contributed by atoms with Gasteiger partial charge in [-0.15, -0.1) is 0 Å². The molecule has 2 aliphatic carbocycles. The van der Waals surface area contributed by atoms with Crippen molar-refractivity contribution >= 4 is 5.91 Å². The van der Waals surface area contributed by atoms with Crippen molar-refractivity contribution in [3.05, 3.63) is 5.21 Å². The predicted molar refractivity (Wildman–Crippen MR) is 118 cm³/mol. The summed E-state index contributed by atoms with van der Waals surface area (Å²) in [5.74, 6) is 1.71. The molecule has 0 bridgehead atoms. The maximum Gasteiger partial charge on any atom is 0.220 e. The number of rotatable bonds is 11. The summed E-state index contributed by atoms with van der Waals surface area (Å²) in [6, 6.07) is 0. The first-order valence-corrected chi connectivity index (χ1v) is 12.2. The van der Waals surface area contributed by atoms with E-state index in [9.17, 15) is 10.0 Å². The van der Waals surface area contributed by atoms with E-state index >= 15 is 0 Å². The first kappa shape index (κ1) is 23.7. The number of hydrogen-bond acceptors (Lipinski definition) is 2. The molecule has 1 N–H and O–H groups in total. The molecule has 0 aromatic heterocycles. The van der Waals surface area contributed by atoms with Crippen molar-refractivity contribution in [1.29, 1.82) is 0 Å². The molecule has 0 unspecified atom stereocenters. The lowest BCUT2D eigenvalue weighted by Crippen LogP contribution is -2.44. The molecule has 0 heterocycles. The smallest absolute Gasteiger partial charge is 0.220 e. The standard InChI is InChI=1S/C24H46N2O2/c1-4-5-17-24(21-13-8-6-9-14-21,22-15-10-7-11-16-22)20-23(27)25-18-12-19-26(2,3)28/h21-22H,4-20H2,1-3H3,(H,25,27). The number of hydrogen-bond donors (Lipinski definition) is 1. The van der Waals surface area contributed by atoms with Gasteiger partial charge >= 0.3 is 0 Å². The van der Waals surface area contributed by atoms with Gasteiger partial charge in [-0.25, -0.2) is 0 Å². The van der Waals surface area contributed by atoms with Gasteiger partial charge in [-0.05, 0) is 49.4 Å². The monoisotopic (exact) mass is 394 g/mol. The highest BCUT2D eigenvalue weighted by Crippen LogP contribution is 2.53. The average Bonchev–Trinajstić information content (AvgIpc) is 2.69. The number of nitrogens with one attached hydrogen (secondary N) is 1. The molecule has 0 spiro atoms. The number of carbonyl (C=O) groups excluding carboxylic acids is 1. The fourth-order valence-electron chi connectivity index (χ4n) is 6.03. The summed E-state index contributed by atoms with van der Waals surface area (Å²) in [4.78, 5) is 13.0. The summed E-state index contributed by atoms with van der Waals surface area (Å²) in [6.45, 7) is 3.49. The Bertz CT molecular complexity index is 428. The Balaban J connectivity index is 2.07. The molecule has 164 valence electrons. The van der Waals surface area contributed by atoms with E-state index in [1.807, 2.05) is 0 Å².